The van der Waals surface area contributed by atoms with Crippen molar-refractivity contribution in [3.63, 3.8) is 0 Å². The highest BCUT2D eigenvalue weighted by Crippen LogP contribution is 2.17. The SMILES string of the molecule is CCCOc1nc(NN)nc(Nc2ccc(CC)cc2)n1. The molecule has 7 nitrogen and oxygen atoms in total. The lowest BCUT2D eigenvalue weighted by Crippen LogP contribution is -2.13. The number of hydrogen-bond donors (Lipinski definition) is 3. The van der Waals surface area contributed by atoms with Gasteiger partial charge in [-0.15, -0.1) is 0 Å². The number of nitrogens with one attached hydrogen (secondary N) is 2. The van der Waals surface area contributed by atoms with E-state index in [0.29, 0.717) is 12.6 Å². The second-order valence-corrected chi connectivity index (χ2v) is 4.43. The van der Waals surface area contributed by atoms with Crippen LogP contribution in [-0.4, -0.2) is 21.6 Å². The molecule has 7 heteroatoms. The summed E-state index contributed by atoms with van der Waals surface area (Å²) in [5, 5.41) is 3.11. The molecule has 21 heavy (non-hydrogen) atoms. The first-order valence-corrected chi connectivity index (χ1v) is 6.96. The molecule has 1 aromatic heterocycles. The number of nitrogens with zero attached hydrogens (tertiary/aromatic N) is 3. The molecule has 0 spiro atoms. The quantitative estimate of drug-likeness (QED) is 0.531. The lowest BCUT2D eigenvalue weighted by Gasteiger charge is -2.09. The fourth-order valence-electron chi connectivity index (χ4n) is 1.69. The molecular weight excluding hydrogens is 268 g/mol. The van der Waals surface area contributed by atoms with E-state index >= 15 is 0 Å². The first-order chi connectivity index (χ1) is 10.2. The first-order valence-electron chi connectivity index (χ1n) is 6.96. The highest BCUT2D eigenvalue weighted by molar-refractivity contribution is 5.54. The van der Waals surface area contributed by atoms with Gasteiger partial charge in [0.2, 0.25) is 11.9 Å². The third-order valence-corrected chi connectivity index (χ3v) is 2.80. The van der Waals surface area contributed by atoms with Crippen LogP contribution < -0.4 is 21.3 Å². The minimum absolute atomic E-state index is 0.243. The van der Waals surface area contributed by atoms with Crippen molar-refractivity contribution in [1.82, 2.24) is 15.0 Å². The zero-order valence-electron chi connectivity index (χ0n) is 12.3. The molecule has 0 amide bonds. The Hall–Kier alpha value is -2.41. The predicted molar refractivity (Wildman–Crippen MR) is 82.5 cm³/mol. The van der Waals surface area contributed by atoms with Crippen LogP contribution in [0, 0.1) is 0 Å². The van der Waals surface area contributed by atoms with Gasteiger partial charge < -0.3 is 10.1 Å². The maximum atomic E-state index is 5.41. The molecule has 0 atom stereocenters. The van der Waals surface area contributed by atoms with Crippen LogP contribution in [0.25, 0.3) is 0 Å². The van der Waals surface area contributed by atoms with E-state index in [1.807, 2.05) is 19.1 Å². The first kappa shape index (κ1) is 15.0. The van der Waals surface area contributed by atoms with Gasteiger partial charge in [-0.3, -0.25) is 5.43 Å². The fraction of sp³-hybridized carbons (Fsp3) is 0.357. The monoisotopic (exact) mass is 288 g/mol. The van der Waals surface area contributed by atoms with Gasteiger partial charge in [-0.05, 0) is 30.5 Å². The van der Waals surface area contributed by atoms with Gasteiger partial charge >= 0.3 is 6.01 Å². The molecule has 0 saturated carbocycles. The molecule has 2 rings (SSSR count). The van der Waals surface area contributed by atoms with E-state index in [1.165, 1.54) is 5.56 Å². The second-order valence-electron chi connectivity index (χ2n) is 4.43. The normalized spacial score (nSPS) is 10.2. The van der Waals surface area contributed by atoms with Crippen LogP contribution in [0.5, 0.6) is 6.01 Å². The van der Waals surface area contributed by atoms with E-state index in [1.54, 1.807) is 0 Å². The number of benzene rings is 1. The highest BCUT2D eigenvalue weighted by Gasteiger charge is 2.07. The van der Waals surface area contributed by atoms with Crippen LogP contribution in [-0.2, 0) is 6.42 Å². The van der Waals surface area contributed by atoms with Crippen LogP contribution in [0.15, 0.2) is 24.3 Å². The maximum Gasteiger partial charge on any atom is 0.323 e. The summed E-state index contributed by atoms with van der Waals surface area (Å²) in [6.45, 7) is 4.67. The smallest absolute Gasteiger partial charge is 0.323 e. The number of hydrogen-bond acceptors (Lipinski definition) is 7. The van der Waals surface area contributed by atoms with Crippen LogP contribution in [0.2, 0.25) is 0 Å². The number of hydrazine groups is 1. The maximum absolute atomic E-state index is 5.41. The molecule has 0 aliphatic heterocycles. The number of ether oxygens (including phenoxy) is 1. The Bertz CT molecular complexity index is 572. The average molecular weight is 288 g/mol. The summed E-state index contributed by atoms with van der Waals surface area (Å²) in [5.74, 6) is 6.00. The van der Waals surface area contributed by atoms with E-state index < -0.39 is 0 Å². The molecule has 0 aliphatic carbocycles. The van der Waals surface area contributed by atoms with Crippen molar-refractivity contribution in [1.29, 1.82) is 0 Å². The summed E-state index contributed by atoms with van der Waals surface area (Å²) in [6.07, 6.45) is 1.88. The van der Waals surface area contributed by atoms with Crippen LogP contribution in [0.3, 0.4) is 0 Å². The van der Waals surface area contributed by atoms with Crippen molar-refractivity contribution in [2.75, 3.05) is 17.3 Å². The van der Waals surface area contributed by atoms with E-state index in [2.05, 4.69) is 44.8 Å². The largest absolute Gasteiger partial charge is 0.463 e. The summed E-state index contributed by atoms with van der Waals surface area (Å²) >= 11 is 0. The summed E-state index contributed by atoms with van der Waals surface area (Å²) in [5.41, 5.74) is 4.57. The third-order valence-electron chi connectivity index (χ3n) is 2.80. The van der Waals surface area contributed by atoms with Crippen molar-refractivity contribution in [2.24, 2.45) is 5.84 Å². The van der Waals surface area contributed by atoms with Gasteiger partial charge in [0, 0.05) is 5.69 Å². The van der Waals surface area contributed by atoms with Gasteiger partial charge in [0.15, 0.2) is 0 Å². The highest BCUT2D eigenvalue weighted by atomic mass is 16.5. The number of aryl methyl sites for hydroxylation is 1. The lowest BCUT2D eigenvalue weighted by molar-refractivity contribution is 0.292. The van der Waals surface area contributed by atoms with Crippen LogP contribution in [0.4, 0.5) is 17.6 Å². The Kier molecular flexibility index (Phi) is 5.28. The third kappa shape index (κ3) is 4.28. The zero-order valence-corrected chi connectivity index (χ0v) is 12.3. The Morgan fingerprint density at radius 2 is 1.76 bits per heavy atom. The van der Waals surface area contributed by atoms with Crippen molar-refractivity contribution in [3.8, 4) is 6.01 Å². The summed E-state index contributed by atoms with van der Waals surface area (Å²) < 4.78 is 5.41. The van der Waals surface area contributed by atoms with Crippen LogP contribution >= 0.6 is 0 Å². The van der Waals surface area contributed by atoms with Gasteiger partial charge in [-0.1, -0.05) is 26.0 Å². The van der Waals surface area contributed by atoms with E-state index in [-0.39, 0.29) is 12.0 Å². The molecule has 0 fully saturated rings. The molecule has 4 N–H and O–H groups in total. The number of aromatic nitrogens is 3. The molecule has 2 aromatic rings. The van der Waals surface area contributed by atoms with Crippen molar-refractivity contribution in [2.45, 2.75) is 26.7 Å². The fourth-order valence-corrected chi connectivity index (χ4v) is 1.69. The molecule has 1 heterocycles. The van der Waals surface area contributed by atoms with Gasteiger partial charge in [-0.25, -0.2) is 5.84 Å². The molecule has 0 bridgehead atoms. The molecule has 0 saturated heterocycles. The Labute approximate surface area is 123 Å². The molecule has 112 valence electrons. The van der Waals surface area contributed by atoms with Crippen molar-refractivity contribution in [3.05, 3.63) is 29.8 Å². The minimum Gasteiger partial charge on any atom is -0.463 e. The molecule has 0 radical (unpaired) electrons. The van der Waals surface area contributed by atoms with Gasteiger partial charge in [0.1, 0.15) is 0 Å². The molecule has 1 aromatic carbocycles. The topological polar surface area (TPSA) is 98.0 Å². The minimum atomic E-state index is 0.243. The Morgan fingerprint density at radius 1 is 1.05 bits per heavy atom. The van der Waals surface area contributed by atoms with Gasteiger partial charge in [0.05, 0.1) is 6.61 Å². The molecule has 0 aliphatic rings. The van der Waals surface area contributed by atoms with Gasteiger partial charge in [-0.2, -0.15) is 15.0 Å². The Balaban J connectivity index is 2.16. The van der Waals surface area contributed by atoms with Crippen LogP contribution in [0.1, 0.15) is 25.8 Å². The van der Waals surface area contributed by atoms with Gasteiger partial charge in [0.25, 0.3) is 0 Å². The van der Waals surface area contributed by atoms with Crippen molar-refractivity contribution >= 4 is 17.6 Å². The summed E-state index contributed by atoms with van der Waals surface area (Å²) in [6, 6.07) is 8.31. The Morgan fingerprint density at radius 3 is 2.38 bits per heavy atom. The van der Waals surface area contributed by atoms with E-state index in [0.717, 1.165) is 18.5 Å². The standard InChI is InChI=1S/C14H20N6O/c1-3-9-21-14-18-12(17-13(19-14)20-15)16-11-7-5-10(4-2)6-8-11/h5-8H,3-4,9,15H2,1-2H3,(H2,16,17,18,19,20). The summed E-state index contributed by atoms with van der Waals surface area (Å²) in [4.78, 5) is 12.4. The number of rotatable bonds is 7. The predicted octanol–water partition coefficient (Wildman–Crippen LogP) is 2.25. The zero-order chi connectivity index (χ0) is 15.1. The number of anilines is 3. The number of nitrogens with two attached hydrogens (primary N) is 1. The second kappa shape index (κ2) is 7.39. The average Bonchev–Trinajstić information content (AvgIpc) is 2.53. The van der Waals surface area contributed by atoms with Crippen molar-refractivity contribution < 1.29 is 4.74 Å². The number of nitrogen functional groups attached to an aromatic ring is 1. The molecule has 0 unspecified atom stereocenters. The lowest BCUT2D eigenvalue weighted by atomic mass is 10.1. The van der Waals surface area contributed by atoms with E-state index in [9.17, 15) is 0 Å². The summed E-state index contributed by atoms with van der Waals surface area (Å²) in [7, 11) is 0. The van der Waals surface area contributed by atoms with E-state index in [4.69, 9.17) is 10.6 Å². The molecular formula is C14H20N6O.